The fourth-order valence-electron chi connectivity index (χ4n) is 0.493. The van der Waals surface area contributed by atoms with Gasteiger partial charge < -0.3 is 5.72 Å². The third-order valence-electron chi connectivity index (χ3n) is 0.961. The molecule has 0 saturated heterocycles. The summed E-state index contributed by atoms with van der Waals surface area (Å²) in [6, 6.07) is 3.42. The lowest BCUT2D eigenvalue weighted by molar-refractivity contribution is -0.671. The Kier molecular flexibility index (Phi) is 0.699. The summed E-state index contributed by atoms with van der Waals surface area (Å²) in [7, 11) is 1.89. The molecule has 1 aromatic rings. The van der Waals surface area contributed by atoms with Crippen molar-refractivity contribution in [2.45, 2.75) is 0 Å². The van der Waals surface area contributed by atoms with E-state index in [0.29, 0.717) is 11.4 Å². The van der Waals surface area contributed by atoms with E-state index in [-0.39, 0.29) is 0 Å². The first kappa shape index (κ1) is 3.07. The molecule has 0 atom stereocenters. The molecule has 0 spiro atoms. The van der Waals surface area contributed by atoms with E-state index in [2.05, 4.69) is 0 Å². The van der Waals surface area contributed by atoms with Crippen LogP contribution in [0.4, 0.5) is 5.69 Å². The molecule has 0 fully saturated rings. The van der Waals surface area contributed by atoms with Crippen molar-refractivity contribution in [2.75, 3.05) is 5.72 Å². The van der Waals surface area contributed by atoms with E-state index in [1.165, 1.54) is 0 Å². The van der Waals surface area contributed by atoms with Gasteiger partial charge >= 0.3 is 0 Å². The molecule has 8 heavy (non-hydrogen) atoms. The quantitative estimate of drug-likeness (QED) is 0.511. The molecular weight excluding hydrogens is 100 g/mol. The van der Waals surface area contributed by atoms with Gasteiger partial charge in [0.15, 0.2) is 15.2 Å². The largest absolute Gasteiger partial charge is 0.398 e. The van der Waals surface area contributed by atoms with Crippen molar-refractivity contribution in [3.8, 4) is 0 Å². The SMILES string of the molecule is [2H]N([2H])c1cc[n+](C)cc1. The fraction of sp³-hybridized carbons (Fsp3) is 0.167. The smallest absolute Gasteiger partial charge is 0.170 e. The minimum atomic E-state index is 0.568. The van der Waals surface area contributed by atoms with E-state index in [1.807, 2.05) is 11.6 Å². The molecule has 0 radical (unpaired) electrons. The van der Waals surface area contributed by atoms with Crippen molar-refractivity contribution in [1.82, 2.24) is 0 Å². The van der Waals surface area contributed by atoms with Gasteiger partial charge in [-0.1, -0.05) is 0 Å². The first-order valence-corrected chi connectivity index (χ1v) is 2.43. The Morgan fingerprint density at radius 3 is 2.75 bits per heavy atom. The van der Waals surface area contributed by atoms with Crippen LogP contribution in [0.25, 0.3) is 0 Å². The van der Waals surface area contributed by atoms with Crippen molar-refractivity contribution in [3.63, 3.8) is 0 Å². The van der Waals surface area contributed by atoms with Gasteiger partial charge in [0, 0.05) is 17.8 Å². The van der Waals surface area contributed by atoms with Crippen LogP contribution < -0.4 is 10.3 Å². The summed E-state index contributed by atoms with van der Waals surface area (Å²) >= 11 is 0. The first-order valence-electron chi connectivity index (χ1n) is 3.33. The lowest BCUT2D eigenvalue weighted by atomic mass is 10.4. The second kappa shape index (κ2) is 1.82. The van der Waals surface area contributed by atoms with Gasteiger partial charge in [0.25, 0.3) is 0 Å². The van der Waals surface area contributed by atoms with Crippen molar-refractivity contribution >= 4 is 5.69 Å². The lowest BCUT2D eigenvalue weighted by Crippen LogP contribution is -2.25. The molecule has 2 heteroatoms. The number of nitrogens with zero attached hydrogens (tertiary/aromatic N) is 1. The summed E-state index contributed by atoms with van der Waals surface area (Å²) in [5, 5.41) is 0. The molecule has 0 bridgehead atoms. The molecule has 2 nitrogen and oxygen atoms in total. The Morgan fingerprint density at radius 1 is 1.62 bits per heavy atom. The van der Waals surface area contributed by atoms with Crippen molar-refractivity contribution in [1.29, 1.82) is 0 Å². The van der Waals surface area contributed by atoms with E-state index in [0.717, 1.165) is 0 Å². The summed E-state index contributed by atoms with van der Waals surface area (Å²) in [6.07, 6.45) is 3.59. The van der Waals surface area contributed by atoms with Crippen LogP contribution in [0.2, 0.25) is 2.82 Å². The molecule has 0 aliphatic rings. The van der Waals surface area contributed by atoms with Gasteiger partial charge in [-0.2, -0.15) is 0 Å². The molecule has 0 aliphatic carbocycles. The summed E-state index contributed by atoms with van der Waals surface area (Å²) < 4.78 is 15.6. The normalized spacial score (nSPS) is 12.1. The topological polar surface area (TPSA) is 29.9 Å². The number of anilines is 1. The van der Waals surface area contributed by atoms with Gasteiger partial charge in [0.1, 0.15) is 7.05 Å². The highest BCUT2D eigenvalue weighted by molar-refractivity contribution is 5.32. The van der Waals surface area contributed by atoms with Gasteiger partial charge in [-0.25, -0.2) is 4.57 Å². The third kappa shape index (κ3) is 0.964. The zero-order valence-electron chi connectivity index (χ0n) is 6.70. The molecule has 1 rings (SSSR count). The second-order valence-electron chi connectivity index (χ2n) is 1.72. The van der Waals surface area contributed by atoms with Crippen LogP contribution in [-0.2, 0) is 7.05 Å². The highest BCUT2D eigenvalue weighted by Gasteiger charge is 1.86. The number of aryl methyl sites for hydroxylation is 1. The molecule has 1 heterocycles. The Labute approximate surface area is 51.5 Å². The van der Waals surface area contributed by atoms with E-state index < -0.39 is 0 Å². The van der Waals surface area contributed by atoms with Gasteiger partial charge in [-0.15, -0.1) is 0 Å². The molecule has 1 aromatic heterocycles. The number of rotatable bonds is 1. The Morgan fingerprint density at radius 2 is 2.25 bits per heavy atom. The third-order valence-corrected chi connectivity index (χ3v) is 0.961. The van der Waals surface area contributed by atoms with E-state index in [9.17, 15) is 0 Å². The zero-order valence-corrected chi connectivity index (χ0v) is 4.70. The van der Waals surface area contributed by atoms with Crippen molar-refractivity contribution < 1.29 is 7.39 Å². The predicted octanol–water partition coefficient (Wildman–Crippen LogP) is 0.0933. The van der Waals surface area contributed by atoms with Crippen molar-refractivity contribution in [3.05, 3.63) is 24.5 Å². The summed E-state index contributed by atoms with van der Waals surface area (Å²) in [6.45, 7) is 0. The molecule has 0 saturated carbocycles. The van der Waals surface area contributed by atoms with Crippen LogP contribution in [0.15, 0.2) is 24.5 Å². The van der Waals surface area contributed by atoms with Gasteiger partial charge in [0.2, 0.25) is 0 Å². The van der Waals surface area contributed by atoms with Crippen LogP contribution in [-0.4, -0.2) is 0 Å². The van der Waals surface area contributed by atoms with Crippen LogP contribution >= 0.6 is 0 Å². The second-order valence-corrected chi connectivity index (χ2v) is 1.72. The maximum absolute atomic E-state index is 6.88. The zero-order chi connectivity index (χ0) is 7.56. The Hall–Kier alpha value is -1.05. The van der Waals surface area contributed by atoms with Crippen molar-refractivity contribution in [2.24, 2.45) is 7.05 Å². The number of aromatic nitrogens is 1. The maximum Gasteiger partial charge on any atom is 0.170 e. The molecule has 0 unspecified atom stereocenters. The molecular formula is C6H9N2+. The predicted molar refractivity (Wildman–Crippen MR) is 32.0 cm³/mol. The molecule has 0 amide bonds. The highest BCUT2D eigenvalue weighted by atomic mass is 14.9. The standard InChI is InChI=1S/C6H8N2/c1-8-4-2-6(7)3-5-8/h2-5,7H,1H3/p+1/i/hD2. The van der Waals surface area contributed by atoms with E-state index >= 15 is 0 Å². The highest BCUT2D eigenvalue weighted by Crippen LogP contribution is 1.91. The number of hydrogen-bond acceptors (Lipinski definition) is 1. The molecule has 0 aliphatic heterocycles. The number of nitrogen functional groups attached to an aromatic ring is 1. The van der Waals surface area contributed by atoms with Crippen LogP contribution in [0, 0.1) is 0 Å². The van der Waals surface area contributed by atoms with E-state index in [1.54, 1.807) is 24.5 Å². The average Bonchev–Trinajstić information content (AvgIpc) is 1.88. The average molecular weight is 111 g/mol. The fourth-order valence-corrected chi connectivity index (χ4v) is 0.493. The lowest BCUT2D eigenvalue weighted by Gasteiger charge is -1.85. The molecule has 0 aromatic carbocycles. The summed E-state index contributed by atoms with van der Waals surface area (Å²) in [5.41, 5.74) is 1.15. The van der Waals surface area contributed by atoms with Crippen LogP contribution in [0.5, 0.6) is 0 Å². The number of hydrogen-bond donors (Lipinski definition) is 1. The monoisotopic (exact) mass is 111 g/mol. The Balaban J connectivity index is 2.89. The Bertz CT molecular complexity index is 207. The molecule has 2 N–H and O–H groups in total. The number of pyridine rings is 1. The number of nitrogens with two attached hydrogens (primary N) is 1. The molecule has 42 valence electrons. The first-order chi connectivity index (χ1) is 4.70. The van der Waals surface area contributed by atoms with Gasteiger partial charge in [-0.3, -0.25) is 0 Å². The van der Waals surface area contributed by atoms with E-state index in [4.69, 9.17) is 2.82 Å². The minimum Gasteiger partial charge on any atom is -0.398 e. The van der Waals surface area contributed by atoms with Crippen LogP contribution in [0.1, 0.15) is 0 Å². The summed E-state index contributed by atoms with van der Waals surface area (Å²) in [5.74, 6) is 0. The van der Waals surface area contributed by atoms with Gasteiger partial charge in [0.05, 0.1) is 0 Å². The minimum absolute atomic E-state index is 0.568. The maximum atomic E-state index is 6.88. The van der Waals surface area contributed by atoms with Gasteiger partial charge in [-0.05, 0) is 0 Å². The summed E-state index contributed by atoms with van der Waals surface area (Å²) in [4.78, 5) is 0. The van der Waals surface area contributed by atoms with Crippen LogP contribution in [0.3, 0.4) is 0 Å².